The van der Waals surface area contributed by atoms with E-state index in [-0.39, 0.29) is 11.9 Å². The van der Waals surface area contributed by atoms with Crippen LogP contribution in [0.3, 0.4) is 0 Å². The fourth-order valence-electron chi connectivity index (χ4n) is 1.37. The number of ether oxygens (including phenoxy) is 1. The first-order chi connectivity index (χ1) is 7.86. The SMILES string of the molecule is CCC(C)(N)C(=O)c1cncc(OC(C)C)c1. The van der Waals surface area contributed by atoms with Gasteiger partial charge in [-0.05, 0) is 33.3 Å². The molecule has 17 heavy (non-hydrogen) atoms. The lowest BCUT2D eigenvalue weighted by atomic mass is 9.90. The van der Waals surface area contributed by atoms with Crippen LogP contribution in [0.5, 0.6) is 5.75 Å². The highest BCUT2D eigenvalue weighted by molar-refractivity contribution is 6.02. The zero-order chi connectivity index (χ0) is 13.1. The number of pyridine rings is 1. The summed E-state index contributed by atoms with van der Waals surface area (Å²) in [6, 6.07) is 1.69. The molecule has 0 fully saturated rings. The standard InChI is InChI=1S/C13H20N2O2/c1-5-13(4,14)12(16)10-6-11(8-15-7-10)17-9(2)3/h6-9H,5,14H2,1-4H3. The van der Waals surface area contributed by atoms with Gasteiger partial charge in [0.2, 0.25) is 0 Å². The van der Waals surface area contributed by atoms with Crippen LogP contribution in [0.25, 0.3) is 0 Å². The molecule has 0 aromatic carbocycles. The summed E-state index contributed by atoms with van der Waals surface area (Å²) < 4.78 is 5.50. The second-order valence-electron chi connectivity index (χ2n) is 4.68. The molecular weight excluding hydrogens is 216 g/mol. The Morgan fingerprint density at radius 3 is 2.71 bits per heavy atom. The molecule has 4 nitrogen and oxygen atoms in total. The maximum Gasteiger partial charge on any atom is 0.184 e. The molecule has 0 bridgehead atoms. The number of Topliss-reactive ketones (excluding diaryl/α,β-unsaturated/α-hetero) is 1. The van der Waals surface area contributed by atoms with E-state index in [1.54, 1.807) is 19.2 Å². The number of carbonyl (C=O) groups excluding carboxylic acids is 1. The van der Waals surface area contributed by atoms with Crippen LogP contribution in [0.4, 0.5) is 0 Å². The Bertz CT molecular complexity index is 400. The van der Waals surface area contributed by atoms with E-state index in [1.165, 1.54) is 6.20 Å². The van der Waals surface area contributed by atoms with Crippen molar-refractivity contribution in [3.8, 4) is 5.75 Å². The van der Waals surface area contributed by atoms with Crippen molar-refractivity contribution in [2.45, 2.75) is 45.8 Å². The van der Waals surface area contributed by atoms with Crippen LogP contribution in [0.1, 0.15) is 44.5 Å². The first-order valence-corrected chi connectivity index (χ1v) is 5.82. The van der Waals surface area contributed by atoms with Crippen LogP contribution in [0.15, 0.2) is 18.5 Å². The lowest BCUT2D eigenvalue weighted by molar-refractivity contribution is 0.0896. The summed E-state index contributed by atoms with van der Waals surface area (Å²) >= 11 is 0. The first-order valence-electron chi connectivity index (χ1n) is 5.82. The Hall–Kier alpha value is -1.42. The molecular formula is C13H20N2O2. The number of nitrogens with two attached hydrogens (primary N) is 1. The van der Waals surface area contributed by atoms with Crippen LogP contribution >= 0.6 is 0 Å². The van der Waals surface area contributed by atoms with E-state index in [1.807, 2.05) is 20.8 Å². The normalized spacial score (nSPS) is 14.5. The average Bonchev–Trinajstić information content (AvgIpc) is 2.27. The maximum atomic E-state index is 12.1. The fourth-order valence-corrected chi connectivity index (χ4v) is 1.37. The molecule has 0 saturated carbocycles. The zero-order valence-electron chi connectivity index (χ0n) is 10.9. The molecule has 0 amide bonds. The quantitative estimate of drug-likeness (QED) is 0.796. The van der Waals surface area contributed by atoms with Gasteiger partial charge in [0.1, 0.15) is 5.75 Å². The summed E-state index contributed by atoms with van der Waals surface area (Å²) in [7, 11) is 0. The number of nitrogens with zero attached hydrogens (tertiary/aromatic N) is 1. The zero-order valence-corrected chi connectivity index (χ0v) is 10.9. The number of ketones is 1. The van der Waals surface area contributed by atoms with Crippen LogP contribution in [-0.4, -0.2) is 22.4 Å². The minimum atomic E-state index is -0.849. The molecule has 4 heteroatoms. The van der Waals surface area contributed by atoms with Gasteiger partial charge >= 0.3 is 0 Å². The third kappa shape index (κ3) is 3.53. The molecule has 0 aliphatic rings. The highest BCUT2D eigenvalue weighted by atomic mass is 16.5. The molecule has 1 rings (SSSR count). The van der Waals surface area contributed by atoms with Crippen molar-refractivity contribution >= 4 is 5.78 Å². The van der Waals surface area contributed by atoms with Crippen molar-refractivity contribution in [2.75, 3.05) is 0 Å². The highest BCUT2D eigenvalue weighted by Gasteiger charge is 2.27. The van der Waals surface area contributed by atoms with Crippen molar-refractivity contribution in [2.24, 2.45) is 5.73 Å². The monoisotopic (exact) mass is 236 g/mol. The summed E-state index contributed by atoms with van der Waals surface area (Å²) in [6.45, 7) is 7.46. The van der Waals surface area contributed by atoms with Gasteiger partial charge in [-0.15, -0.1) is 0 Å². The van der Waals surface area contributed by atoms with Crippen LogP contribution < -0.4 is 10.5 Å². The molecule has 2 N–H and O–H groups in total. The Balaban J connectivity index is 2.96. The molecule has 0 aliphatic heterocycles. The topological polar surface area (TPSA) is 65.2 Å². The summed E-state index contributed by atoms with van der Waals surface area (Å²) in [5, 5.41) is 0. The molecule has 0 aliphatic carbocycles. The predicted molar refractivity (Wildman–Crippen MR) is 67.2 cm³/mol. The Morgan fingerprint density at radius 2 is 2.18 bits per heavy atom. The van der Waals surface area contributed by atoms with Gasteiger partial charge in [0.25, 0.3) is 0 Å². The molecule has 1 aromatic heterocycles. The van der Waals surface area contributed by atoms with Crippen molar-refractivity contribution in [1.29, 1.82) is 0 Å². The lowest BCUT2D eigenvalue weighted by Gasteiger charge is -2.21. The number of aromatic nitrogens is 1. The van der Waals surface area contributed by atoms with E-state index in [9.17, 15) is 4.79 Å². The molecule has 1 heterocycles. The van der Waals surface area contributed by atoms with Gasteiger partial charge in [0, 0.05) is 11.8 Å². The van der Waals surface area contributed by atoms with Crippen LogP contribution in [-0.2, 0) is 0 Å². The second kappa shape index (κ2) is 5.27. The summed E-state index contributed by atoms with van der Waals surface area (Å²) in [4.78, 5) is 16.1. The molecule has 1 unspecified atom stereocenters. The predicted octanol–water partition coefficient (Wildman–Crippen LogP) is 2.18. The number of rotatable bonds is 5. The van der Waals surface area contributed by atoms with E-state index in [0.29, 0.717) is 17.7 Å². The molecule has 0 radical (unpaired) electrons. The summed E-state index contributed by atoms with van der Waals surface area (Å²) in [5.41, 5.74) is 5.57. The first kappa shape index (κ1) is 13.6. The third-order valence-electron chi connectivity index (χ3n) is 2.60. The second-order valence-corrected chi connectivity index (χ2v) is 4.68. The highest BCUT2D eigenvalue weighted by Crippen LogP contribution is 2.18. The minimum Gasteiger partial charge on any atom is -0.489 e. The Morgan fingerprint density at radius 1 is 1.53 bits per heavy atom. The summed E-state index contributed by atoms with van der Waals surface area (Å²) in [6.07, 6.45) is 3.76. The lowest BCUT2D eigenvalue weighted by Crippen LogP contribution is -2.44. The smallest absolute Gasteiger partial charge is 0.184 e. The maximum absolute atomic E-state index is 12.1. The Labute approximate surface area is 102 Å². The number of hydrogen-bond donors (Lipinski definition) is 1. The van der Waals surface area contributed by atoms with Gasteiger partial charge < -0.3 is 10.5 Å². The molecule has 0 saturated heterocycles. The van der Waals surface area contributed by atoms with Crippen molar-refractivity contribution in [3.63, 3.8) is 0 Å². The van der Waals surface area contributed by atoms with Gasteiger partial charge in [-0.25, -0.2) is 0 Å². The molecule has 1 aromatic rings. The third-order valence-corrected chi connectivity index (χ3v) is 2.60. The van der Waals surface area contributed by atoms with Crippen LogP contribution in [0.2, 0.25) is 0 Å². The Kier molecular flexibility index (Phi) is 4.23. The largest absolute Gasteiger partial charge is 0.489 e. The molecule has 1 atom stereocenters. The van der Waals surface area contributed by atoms with Crippen molar-refractivity contribution < 1.29 is 9.53 Å². The van der Waals surface area contributed by atoms with Gasteiger partial charge in [-0.3, -0.25) is 9.78 Å². The average molecular weight is 236 g/mol. The number of carbonyl (C=O) groups is 1. The van der Waals surface area contributed by atoms with Gasteiger partial charge in [-0.1, -0.05) is 6.92 Å². The van der Waals surface area contributed by atoms with Gasteiger partial charge in [0.05, 0.1) is 17.8 Å². The van der Waals surface area contributed by atoms with E-state index >= 15 is 0 Å². The molecule has 0 spiro atoms. The van der Waals surface area contributed by atoms with Gasteiger partial charge in [0.15, 0.2) is 5.78 Å². The van der Waals surface area contributed by atoms with E-state index in [0.717, 1.165) is 0 Å². The van der Waals surface area contributed by atoms with Crippen molar-refractivity contribution in [3.05, 3.63) is 24.0 Å². The van der Waals surface area contributed by atoms with Gasteiger partial charge in [-0.2, -0.15) is 0 Å². The van der Waals surface area contributed by atoms with E-state index in [2.05, 4.69) is 4.98 Å². The van der Waals surface area contributed by atoms with E-state index in [4.69, 9.17) is 10.5 Å². The fraction of sp³-hybridized carbons (Fsp3) is 0.538. The molecule has 94 valence electrons. The van der Waals surface area contributed by atoms with E-state index < -0.39 is 5.54 Å². The van der Waals surface area contributed by atoms with Crippen molar-refractivity contribution in [1.82, 2.24) is 4.98 Å². The minimum absolute atomic E-state index is 0.0533. The van der Waals surface area contributed by atoms with Crippen LogP contribution in [0, 0.1) is 0 Å². The number of hydrogen-bond acceptors (Lipinski definition) is 4. The summed E-state index contributed by atoms with van der Waals surface area (Å²) in [5.74, 6) is 0.486.